The molecule has 0 aromatic heterocycles. The molecule has 3 nitrogen and oxygen atoms in total. The van der Waals surface area contributed by atoms with Crippen LogP contribution in [0.15, 0.2) is 66.7 Å². The molecule has 3 aromatic carbocycles. The monoisotopic (exact) mass is 357 g/mol. The van der Waals surface area contributed by atoms with Crippen LogP contribution in [0.4, 0.5) is 0 Å². The van der Waals surface area contributed by atoms with Gasteiger partial charge in [-0.3, -0.25) is 4.90 Å². The van der Waals surface area contributed by atoms with Gasteiger partial charge >= 0.3 is 0 Å². The molecule has 2 aliphatic rings. The SMILES string of the molecule is COc1ccc2c(c1)C1c3cc(OC)ccc3CN(C2)C1c1ccccc1. The molecule has 2 heterocycles. The Bertz CT molecular complexity index is 925. The number of fused-ring (bicyclic) bond motifs is 6. The predicted octanol–water partition coefficient (Wildman–Crippen LogP) is 4.91. The van der Waals surface area contributed by atoms with Gasteiger partial charge in [-0.25, -0.2) is 0 Å². The maximum Gasteiger partial charge on any atom is 0.119 e. The fraction of sp³-hybridized carbons (Fsp3) is 0.250. The fourth-order valence-corrected chi connectivity index (χ4v) is 4.73. The number of hydrogen-bond acceptors (Lipinski definition) is 3. The Morgan fingerprint density at radius 3 is 1.81 bits per heavy atom. The molecule has 5 rings (SSSR count). The molecule has 2 bridgehead atoms. The van der Waals surface area contributed by atoms with Gasteiger partial charge in [0.25, 0.3) is 0 Å². The number of hydrogen-bond donors (Lipinski definition) is 0. The largest absolute Gasteiger partial charge is 0.497 e. The highest BCUT2D eigenvalue weighted by Crippen LogP contribution is 2.52. The molecule has 0 saturated heterocycles. The molecule has 0 aliphatic carbocycles. The van der Waals surface area contributed by atoms with Gasteiger partial charge in [-0.2, -0.15) is 0 Å². The highest BCUT2D eigenvalue weighted by molar-refractivity contribution is 5.53. The average Bonchev–Trinajstić information content (AvgIpc) is 2.73. The number of methoxy groups -OCH3 is 2. The van der Waals surface area contributed by atoms with Crippen LogP contribution in [0.5, 0.6) is 11.5 Å². The smallest absolute Gasteiger partial charge is 0.119 e. The summed E-state index contributed by atoms with van der Waals surface area (Å²) in [5.74, 6) is 2.11. The minimum atomic E-state index is 0.269. The maximum absolute atomic E-state index is 5.55. The van der Waals surface area contributed by atoms with Crippen LogP contribution in [0.1, 0.15) is 39.8 Å². The van der Waals surface area contributed by atoms with Gasteiger partial charge in [-0.15, -0.1) is 0 Å². The van der Waals surface area contributed by atoms with Crippen molar-refractivity contribution >= 4 is 0 Å². The van der Waals surface area contributed by atoms with Crippen molar-refractivity contribution in [2.45, 2.75) is 25.0 Å². The lowest BCUT2D eigenvalue weighted by atomic mass is 9.72. The van der Waals surface area contributed by atoms with E-state index in [9.17, 15) is 0 Å². The average molecular weight is 357 g/mol. The van der Waals surface area contributed by atoms with E-state index < -0.39 is 0 Å². The van der Waals surface area contributed by atoms with Gasteiger partial charge in [-0.05, 0) is 52.1 Å². The van der Waals surface area contributed by atoms with Gasteiger partial charge in [0.05, 0.1) is 14.2 Å². The second-order valence-corrected chi connectivity index (χ2v) is 7.37. The summed E-state index contributed by atoms with van der Waals surface area (Å²) in [5, 5.41) is 0. The summed E-state index contributed by atoms with van der Waals surface area (Å²) < 4.78 is 11.1. The molecule has 0 saturated carbocycles. The van der Waals surface area contributed by atoms with Crippen molar-refractivity contribution in [1.82, 2.24) is 4.90 Å². The van der Waals surface area contributed by atoms with Gasteiger partial charge in [0.1, 0.15) is 11.5 Å². The summed E-state index contributed by atoms with van der Waals surface area (Å²) in [5.41, 5.74) is 6.88. The van der Waals surface area contributed by atoms with E-state index in [1.165, 1.54) is 27.8 Å². The summed E-state index contributed by atoms with van der Waals surface area (Å²) >= 11 is 0. The van der Waals surface area contributed by atoms with Crippen LogP contribution in [0, 0.1) is 0 Å². The first-order valence-electron chi connectivity index (χ1n) is 9.41. The maximum atomic E-state index is 5.55. The van der Waals surface area contributed by atoms with Gasteiger partial charge in [0.2, 0.25) is 0 Å². The Kier molecular flexibility index (Phi) is 3.91. The van der Waals surface area contributed by atoms with Crippen LogP contribution in [-0.4, -0.2) is 19.1 Å². The quantitative estimate of drug-likeness (QED) is 0.665. The molecule has 0 N–H and O–H groups in total. The van der Waals surface area contributed by atoms with Crippen LogP contribution in [-0.2, 0) is 13.1 Å². The van der Waals surface area contributed by atoms with E-state index in [0.717, 1.165) is 24.6 Å². The molecular formula is C24H23NO2. The van der Waals surface area contributed by atoms with E-state index in [1.807, 2.05) is 0 Å². The van der Waals surface area contributed by atoms with Crippen molar-refractivity contribution in [2.75, 3.05) is 14.2 Å². The van der Waals surface area contributed by atoms with Crippen molar-refractivity contribution in [3.63, 3.8) is 0 Å². The Morgan fingerprint density at radius 2 is 1.30 bits per heavy atom. The molecule has 2 aliphatic heterocycles. The van der Waals surface area contributed by atoms with Gasteiger partial charge in [0, 0.05) is 25.0 Å². The number of ether oxygens (including phenoxy) is 2. The minimum absolute atomic E-state index is 0.269. The summed E-state index contributed by atoms with van der Waals surface area (Å²) in [4.78, 5) is 2.60. The third kappa shape index (κ3) is 2.62. The van der Waals surface area contributed by atoms with Crippen LogP contribution in [0.25, 0.3) is 0 Å². The lowest BCUT2D eigenvalue weighted by Gasteiger charge is -2.47. The van der Waals surface area contributed by atoms with Crippen LogP contribution < -0.4 is 9.47 Å². The first kappa shape index (κ1) is 16.4. The first-order chi connectivity index (χ1) is 13.3. The molecular weight excluding hydrogens is 334 g/mol. The van der Waals surface area contributed by atoms with Crippen molar-refractivity contribution in [3.8, 4) is 11.5 Å². The third-order valence-corrected chi connectivity index (χ3v) is 5.97. The Morgan fingerprint density at radius 1 is 0.741 bits per heavy atom. The van der Waals surface area contributed by atoms with E-state index in [-0.39, 0.29) is 5.92 Å². The molecule has 1 atom stereocenters. The van der Waals surface area contributed by atoms with Crippen molar-refractivity contribution in [1.29, 1.82) is 0 Å². The lowest BCUT2D eigenvalue weighted by Crippen LogP contribution is -2.41. The second-order valence-electron chi connectivity index (χ2n) is 7.37. The molecule has 0 radical (unpaired) electrons. The van der Waals surface area contributed by atoms with E-state index in [2.05, 4.69) is 71.6 Å². The zero-order valence-corrected chi connectivity index (χ0v) is 15.7. The molecule has 1 unspecified atom stereocenters. The van der Waals surface area contributed by atoms with Crippen LogP contribution in [0.2, 0.25) is 0 Å². The third-order valence-electron chi connectivity index (χ3n) is 5.97. The highest BCUT2D eigenvalue weighted by atomic mass is 16.5. The molecule has 136 valence electrons. The molecule has 0 amide bonds. The van der Waals surface area contributed by atoms with Crippen molar-refractivity contribution < 1.29 is 9.47 Å². The zero-order chi connectivity index (χ0) is 18.4. The summed E-state index contributed by atoms with van der Waals surface area (Å²) in [7, 11) is 3.48. The Hall–Kier alpha value is -2.78. The van der Waals surface area contributed by atoms with E-state index >= 15 is 0 Å². The first-order valence-corrected chi connectivity index (χ1v) is 9.41. The topological polar surface area (TPSA) is 21.7 Å². The Balaban J connectivity index is 1.75. The van der Waals surface area contributed by atoms with E-state index in [0.29, 0.717) is 6.04 Å². The number of benzene rings is 3. The minimum Gasteiger partial charge on any atom is -0.497 e. The highest BCUT2D eigenvalue weighted by Gasteiger charge is 2.41. The van der Waals surface area contributed by atoms with Crippen molar-refractivity contribution in [2.24, 2.45) is 0 Å². The predicted molar refractivity (Wildman–Crippen MR) is 106 cm³/mol. The van der Waals surface area contributed by atoms with E-state index in [1.54, 1.807) is 14.2 Å². The number of nitrogens with zero attached hydrogens (tertiary/aromatic N) is 1. The lowest BCUT2D eigenvalue weighted by molar-refractivity contribution is 0.131. The van der Waals surface area contributed by atoms with E-state index in [4.69, 9.17) is 9.47 Å². The summed E-state index contributed by atoms with van der Waals surface area (Å²) in [6.07, 6.45) is 0. The fourth-order valence-electron chi connectivity index (χ4n) is 4.73. The Labute approximate surface area is 160 Å². The normalized spacial score (nSPS) is 22.5. The van der Waals surface area contributed by atoms with Gasteiger partial charge in [-0.1, -0.05) is 42.5 Å². The molecule has 0 spiro atoms. The molecule has 3 heteroatoms. The summed E-state index contributed by atoms with van der Waals surface area (Å²) in [6.45, 7) is 1.92. The summed E-state index contributed by atoms with van der Waals surface area (Å²) in [6, 6.07) is 24.2. The van der Waals surface area contributed by atoms with Gasteiger partial charge in [0.15, 0.2) is 0 Å². The second kappa shape index (κ2) is 6.43. The standard InChI is InChI=1S/C24H23NO2/c1-26-19-10-8-17-14-25-15-18-9-11-20(27-2)13-22(18)23(21(17)12-19)24(25)16-6-4-3-5-7-16/h3-13,23-24H,14-15H2,1-2H3. The van der Waals surface area contributed by atoms with Crippen LogP contribution >= 0.6 is 0 Å². The van der Waals surface area contributed by atoms with Crippen LogP contribution in [0.3, 0.4) is 0 Å². The molecule has 3 aromatic rings. The van der Waals surface area contributed by atoms with Gasteiger partial charge < -0.3 is 9.47 Å². The molecule has 27 heavy (non-hydrogen) atoms. The van der Waals surface area contributed by atoms with Crippen molar-refractivity contribution in [3.05, 3.63) is 94.5 Å². The number of rotatable bonds is 3. The molecule has 0 fully saturated rings. The zero-order valence-electron chi connectivity index (χ0n) is 15.7.